The van der Waals surface area contributed by atoms with Gasteiger partial charge < -0.3 is 0 Å². The minimum absolute atomic E-state index is 0.832. The van der Waals surface area contributed by atoms with Crippen LogP contribution in [-0.2, 0) is 0 Å². The summed E-state index contributed by atoms with van der Waals surface area (Å²) >= 11 is 3.72. The molecule has 0 aromatic carbocycles. The molecule has 0 atom stereocenters. The number of rotatable bonds is 0. The fourth-order valence-electron chi connectivity index (χ4n) is 0. The van der Waals surface area contributed by atoms with Gasteiger partial charge in [-0.05, 0) is 0 Å². The molecule has 0 aromatic heterocycles. The van der Waals surface area contributed by atoms with Crippen molar-refractivity contribution in [3.05, 3.63) is 6.58 Å². The molecule has 4 heavy (non-hydrogen) atoms. The first-order chi connectivity index (χ1) is 1.91. The van der Waals surface area contributed by atoms with Gasteiger partial charge in [0.05, 0.1) is 0 Å². The van der Waals surface area contributed by atoms with Crippen molar-refractivity contribution >= 4 is 25.1 Å². The molecule has 0 fully saturated rings. The van der Waals surface area contributed by atoms with E-state index in [1.807, 2.05) is 0 Å². The van der Waals surface area contributed by atoms with Gasteiger partial charge in [0.1, 0.15) is 0 Å². The van der Waals surface area contributed by atoms with Crippen molar-refractivity contribution in [2.75, 3.05) is 0 Å². The Morgan fingerprint density at radius 1 is 2.00 bits per heavy atom. The van der Waals surface area contributed by atoms with E-state index in [9.17, 15) is 0 Å². The molecule has 0 aliphatic carbocycles. The van der Waals surface area contributed by atoms with Gasteiger partial charge in [-0.3, -0.25) is 0 Å². The smallest absolute Gasteiger partial charge is 0.0131 e. The van der Waals surface area contributed by atoms with E-state index >= 15 is 0 Å². The average Bonchev–Trinajstić information content (AvgIpc) is 1.37. The molecule has 0 bridgehead atoms. The highest BCUT2D eigenvalue weighted by Crippen LogP contribution is 1.91. The Labute approximate surface area is 32.5 Å². The highest BCUT2D eigenvalue weighted by Gasteiger charge is 1.26. The van der Waals surface area contributed by atoms with Crippen molar-refractivity contribution in [3.63, 3.8) is 0 Å². The Kier molecular flexibility index (Phi) is 3.55. The maximum absolute atomic E-state index is 3.72. The van der Waals surface area contributed by atoms with Crippen molar-refractivity contribution in [1.82, 2.24) is 0 Å². The predicted octanol–water partition coefficient (Wildman–Crippen LogP) is 1.36. The summed E-state index contributed by atoms with van der Waals surface area (Å²) in [6, 6.07) is 0. The Hall–Kier alpha value is 0.300. The normalized spacial score (nSPS) is 6.25. The van der Waals surface area contributed by atoms with Gasteiger partial charge >= 0.3 is 0 Å². The fraction of sp³-hybridized carbons (Fsp3) is 0. The predicted molar refractivity (Wildman–Crippen MR) is 26.5 cm³/mol. The quantitative estimate of drug-likeness (QED) is 0.337. The number of hydrogen-bond donors (Lipinski definition) is 1. The SMILES string of the molecule is C=C=PS. The van der Waals surface area contributed by atoms with Crippen molar-refractivity contribution in [3.8, 4) is 0 Å². The van der Waals surface area contributed by atoms with E-state index < -0.39 is 0 Å². The molecule has 0 unspecified atom stereocenters. The average molecular weight is 90.1 g/mol. The second-order valence-electron chi connectivity index (χ2n) is 0.258. The highest BCUT2D eigenvalue weighted by molar-refractivity contribution is 8.37. The van der Waals surface area contributed by atoms with Crippen molar-refractivity contribution in [2.45, 2.75) is 0 Å². The van der Waals surface area contributed by atoms with Gasteiger partial charge in [0, 0.05) is 7.41 Å². The van der Waals surface area contributed by atoms with E-state index in [0.717, 1.165) is 7.41 Å². The van der Waals surface area contributed by atoms with Crippen LogP contribution in [0.1, 0.15) is 0 Å². The summed E-state index contributed by atoms with van der Waals surface area (Å²) in [6.45, 7) is 3.27. The Morgan fingerprint density at radius 2 is 2.25 bits per heavy atom. The van der Waals surface area contributed by atoms with Crippen LogP contribution in [0.5, 0.6) is 0 Å². The first-order valence-electron chi connectivity index (χ1n) is 0.777. The molecule has 0 radical (unpaired) electrons. The molecule has 22 valence electrons. The molecule has 0 spiro atoms. The second kappa shape index (κ2) is 3.30. The van der Waals surface area contributed by atoms with Gasteiger partial charge in [-0.25, -0.2) is 0 Å². The zero-order valence-corrected chi connectivity index (χ0v) is 3.89. The molecule has 0 saturated carbocycles. The topological polar surface area (TPSA) is 0 Å². The van der Waals surface area contributed by atoms with Crippen molar-refractivity contribution in [1.29, 1.82) is 0 Å². The van der Waals surface area contributed by atoms with E-state index in [2.05, 4.69) is 24.3 Å². The first-order valence-corrected chi connectivity index (χ1v) is 2.82. The molecule has 0 N–H and O–H groups in total. The van der Waals surface area contributed by atoms with Crippen LogP contribution in [0.4, 0.5) is 0 Å². The maximum Gasteiger partial charge on any atom is 0.0131 e. The largest absolute Gasteiger partial charge is 0.111 e. The zero-order chi connectivity index (χ0) is 3.41. The number of thiol groups is 1. The van der Waals surface area contributed by atoms with Crippen LogP contribution in [0.2, 0.25) is 0 Å². The third kappa shape index (κ3) is 2.30. The minimum atomic E-state index is 0.832. The van der Waals surface area contributed by atoms with Gasteiger partial charge in [0.2, 0.25) is 0 Å². The summed E-state index contributed by atoms with van der Waals surface area (Å²) in [5, 5.41) is 0. The van der Waals surface area contributed by atoms with Crippen LogP contribution >= 0.6 is 19.7 Å². The van der Waals surface area contributed by atoms with Crippen molar-refractivity contribution < 1.29 is 0 Å². The number of hydrogen-bond acceptors (Lipinski definition) is 1. The van der Waals surface area contributed by atoms with Crippen LogP contribution in [0.3, 0.4) is 0 Å². The molecule has 0 heterocycles. The second-order valence-corrected chi connectivity index (χ2v) is 1.37. The summed E-state index contributed by atoms with van der Waals surface area (Å²) in [5.41, 5.74) is 2.52. The molecular formula is C2H3PS. The van der Waals surface area contributed by atoms with E-state index in [-0.39, 0.29) is 0 Å². The first kappa shape index (κ1) is 4.30. The lowest BCUT2D eigenvalue weighted by Crippen LogP contribution is -1.06. The van der Waals surface area contributed by atoms with E-state index in [0.29, 0.717) is 0 Å². The van der Waals surface area contributed by atoms with Gasteiger partial charge in [-0.1, -0.05) is 12.0 Å². The molecule has 0 nitrogen and oxygen atoms in total. The molecule has 0 aliphatic rings. The van der Waals surface area contributed by atoms with Crippen LogP contribution in [0.15, 0.2) is 6.58 Å². The summed E-state index contributed by atoms with van der Waals surface area (Å²) in [4.78, 5) is 0. The molecule has 0 aliphatic heterocycles. The Balaban J connectivity index is 3.11. The molecule has 0 amide bonds. The monoisotopic (exact) mass is 90.0 g/mol. The van der Waals surface area contributed by atoms with Crippen LogP contribution < -0.4 is 0 Å². The maximum atomic E-state index is 3.72. The van der Waals surface area contributed by atoms with Crippen LogP contribution in [0, 0.1) is 0 Å². The Morgan fingerprint density at radius 3 is 2.25 bits per heavy atom. The van der Waals surface area contributed by atoms with Gasteiger partial charge in [0.15, 0.2) is 0 Å². The van der Waals surface area contributed by atoms with Crippen LogP contribution in [0.25, 0.3) is 0 Å². The summed E-state index contributed by atoms with van der Waals surface area (Å²) < 4.78 is 0. The third-order valence-electron chi connectivity index (χ3n) is 0.0707. The lowest BCUT2D eigenvalue weighted by molar-refractivity contribution is 3.21. The molecule has 0 saturated heterocycles. The van der Waals surface area contributed by atoms with E-state index in [1.165, 1.54) is 0 Å². The fourth-order valence-corrected chi connectivity index (χ4v) is 0. The van der Waals surface area contributed by atoms with Gasteiger partial charge in [0.25, 0.3) is 0 Å². The summed E-state index contributed by atoms with van der Waals surface area (Å²) in [7, 11) is 0.832. The van der Waals surface area contributed by atoms with Crippen LogP contribution in [-0.4, -0.2) is 5.45 Å². The standard InChI is InChI=1S/C2H3PS/c1-2-3-4/h4H,1H2. The van der Waals surface area contributed by atoms with Gasteiger partial charge in [-0.15, -0.1) is 12.2 Å². The van der Waals surface area contributed by atoms with E-state index in [1.54, 1.807) is 0 Å². The van der Waals surface area contributed by atoms with Gasteiger partial charge in [-0.2, -0.15) is 0 Å². The molecule has 0 rings (SSSR count). The summed E-state index contributed by atoms with van der Waals surface area (Å²) in [5.74, 6) is 0. The summed E-state index contributed by atoms with van der Waals surface area (Å²) in [6.07, 6.45) is 0. The third-order valence-corrected chi connectivity index (χ3v) is 0.636. The van der Waals surface area contributed by atoms with Crippen molar-refractivity contribution in [2.24, 2.45) is 0 Å². The molecule has 2 heteroatoms. The Bertz CT molecular complexity index is 44.0. The highest BCUT2D eigenvalue weighted by atomic mass is 32.7. The van der Waals surface area contributed by atoms with E-state index in [4.69, 9.17) is 0 Å². The lowest BCUT2D eigenvalue weighted by Gasteiger charge is -1.36. The molecule has 0 aromatic rings. The molecular weight excluding hydrogens is 87.1 g/mol. The zero-order valence-electron chi connectivity index (χ0n) is 2.10. The lowest BCUT2D eigenvalue weighted by atomic mass is 11.3. The minimum Gasteiger partial charge on any atom is -0.111 e.